The molecule has 0 rings (SSSR count). The van der Waals surface area contributed by atoms with E-state index in [4.69, 9.17) is 43.1 Å². The summed E-state index contributed by atoms with van der Waals surface area (Å²) in [6.45, 7) is -1.69. The van der Waals surface area contributed by atoms with E-state index in [1.54, 1.807) is 0 Å². The van der Waals surface area contributed by atoms with E-state index in [1.807, 2.05) is 0 Å². The molecule has 0 fully saturated rings. The molecule has 3 atom stereocenters. The summed E-state index contributed by atoms with van der Waals surface area (Å²) in [6, 6.07) is 0. The summed E-state index contributed by atoms with van der Waals surface area (Å²) >= 11 is 0. The van der Waals surface area contributed by atoms with Gasteiger partial charge in [0.25, 0.3) is 0 Å². The zero-order valence-electron chi connectivity index (χ0n) is 8.41. The molecule has 0 spiro atoms. The second kappa shape index (κ2) is 8.43. The van der Waals surface area contributed by atoms with E-state index in [2.05, 4.69) is 0 Å². The zero-order valence-corrected chi connectivity index (χ0v) is 9.23. The van der Waals surface area contributed by atoms with Gasteiger partial charge in [-0.05, 0) is 0 Å². The monoisotopic (exact) mass is 278 g/mol. The summed E-state index contributed by atoms with van der Waals surface area (Å²) < 4.78 is 31.6. The van der Waals surface area contributed by atoms with Crippen molar-refractivity contribution >= 4 is 16.2 Å². The van der Waals surface area contributed by atoms with Crippen LogP contribution < -0.4 is 0 Å². The van der Waals surface area contributed by atoms with E-state index in [1.165, 1.54) is 0 Å². The van der Waals surface area contributed by atoms with Crippen LogP contribution in [-0.2, 0) is 15.2 Å². The minimum atomic E-state index is -4.67. The lowest BCUT2D eigenvalue weighted by Crippen LogP contribution is -2.44. The molecule has 104 valence electrons. The Labute approximate surface area is 96.3 Å². The van der Waals surface area contributed by atoms with Crippen LogP contribution in [-0.4, -0.2) is 80.4 Å². The van der Waals surface area contributed by atoms with Gasteiger partial charge in [-0.3, -0.25) is 13.9 Å². The Kier molecular flexibility index (Phi) is 9.28. The molecule has 0 radical (unpaired) electrons. The van der Waals surface area contributed by atoms with E-state index in [0.29, 0.717) is 0 Å². The lowest BCUT2D eigenvalue weighted by atomic mass is 10.1. The quantitative estimate of drug-likeness (QED) is 0.243. The van der Waals surface area contributed by atoms with Gasteiger partial charge in [-0.1, -0.05) is 0 Å². The minimum absolute atomic E-state index is 0.767. The van der Waals surface area contributed by atoms with Crippen LogP contribution in [0.5, 0.6) is 0 Å². The third kappa shape index (κ3) is 11.6. The Balaban J connectivity index is 0. The van der Waals surface area contributed by atoms with Crippen molar-refractivity contribution in [2.24, 2.45) is 0 Å². The molecular formula is C6H14O10S. The zero-order chi connectivity index (χ0) is 14.2. The fourth-order valence-electron chi connectivity index (χ4n) is 0.602. The summed E-state index contributed by atoms with van der Waals surface area (Å²) in [7, 11) is -4.67. The molecular weight excluding hydrogens is 264 g/mol. The topological polar surface area (TPSA) is 193 Å². The van der Waals surface area contributed by atoms with Crippen LogP contribution in [0.15, 0.2) is 0 Å². The number of Topliss-reactive ketones (excluding diaryl/α,β-unsaturated/α-hetero) is 1. The van der Waals surface area contributed by atoms with Crippen molar-refractivity contribution in [1.82, 2.24) is 0 Å². The van der Waals surface area contributed by atoms with Gasteiger partial charge in [0, 0.05) is 0 Å². The molecule has 10 nitrogen and oxygen atoms in total. The first kappa shape index (κ1) is 18.7. The van der Waals surface area contributed by atoms with Gasteiger partial charge in [-0.2, -0.15) is 8.42 Å². The van der Waals surface area contributed by atoms with Crippen LogP contribution >= 0.6 is 0 Å². The summed E-state index contributed by atoms with van der Waals surface area (Å²) in [5.74, 6) is -1.00. The first-order valence-corrected chi connectivity index (χ1v) is 5.42. The van der Waals surface area contributed by atoms with Crippen molar-refractivity contribution in [3.63, 3.8) is 0 Å². The third-order valence-corrected chi connectivity index (χ3v) is 1.39. The Morgan fingerprint density at radius 1 is 1.06 bits per heavy atom. The molecule has 0 aliphatic carbocycles. The van der Waals surface area contributed by atoms with Crippen molar-refractivity contribution in [3.05, 3.63) is 0 Å². The number of rotatable bonds is 5. The van der Waals surface area contributed by atoms with Gasteiger partial charge in [0.15, 0.2) is 5.78 Å². The number of aliphatic hydroxyl groups is 5. The molecule has 0 aromatic carbocycles. The molecule has 0 saturated heterocycles. The van der Waals surface area contributed by atoms with Crippen LogP contribution in [0.1, 0.15) is 0 Å². The highest BCUT2D eigenvalue weighted by atomic mass is 32.3. The Morgan fingerprint density at radius 3 is 1.65 bits per heavy atom. The first-order valence-electron chi connectivity index (χ1n) is 4.03. The number of aliphatic hydroxyl groups excluding tert-OH is 5. The molecule has 0 aliphatic rings. The number of hydrogen-bond acceptors (Lipinski definition) is 8. The van der Waals surface area contributed by atoms with Crippen molar-refractivity contribution in [2.45, 2.75) is 18.3 Å². The molecule has 0 saturated carbocycles. The second-order valence-electron chi connectivity index (χ2n) is 2.76. The smallest absolute Gasteiger partial charge is 0.394 e. The molecule has 0 aliphatic heterocycles. The highest BCUT2D eigenvalue weighted by Gasteiger charge is 2.28. The predicted octanol–water partition coefficient (Wildman–Crippen LogP) is -4.03. The molecule has 17 heavy (non-hydrogen) atoms. The SMILES string of the molecule is O=C(CO)[C@@H](O)[C@H](O)[C@H](O)CO.O=S(=O)(O)O. The van der Waals surface area contributed by atoms with Crippen LogP contribution in [0.3, 0.4) is 0 Å². The molecule has 0 bridgehead atoms. The Morgan fingerprint density at radius 2 is 1.41 bits per heavy atom. The molecule has 11 heteroatoms. The highest BCUT2D eigenvalue weighted by Crippen LogP contribution is 2.00. The van der Waals surface area contributed by atoms with Crippen LogP contribution in [0.25, 0.3) is 0 Å². The normalized spacial score (nSPS) is 16.4. The van der Waals surface area contributed by atoms with Gasteiger partial charge in [-0.15, -0.1) is 0 Å². The van der Waals surface area contributed by atoms with Gasteiger partial charge >= 0.3 is 10.4 Å². The predicted molar refractivity (Wildman–Crippen MR) is 51.4 cm³/mol. The Bertz CT molecular complexity index is 303. The molecule has 0 unspecified atom stereocenters. The highest BCUT2D eigenvalue weighted by molar-refractivity contribution is 7.79. The molecule has 0 amide bonds. The largest absolute Gasteiger partial charge is 0.394 e. The van der Waals surface area contributed by atoms with Gasteiger partial charge in [0.05, 0.1) is 6.61 Å². The minimum Gasteiger partial charge on any atom is -0.394 e. The summed E-state index contributed by atoms with van der Waals surface area (Å²) in [5, 5.41) is 43.1. The standard InChI is InChI=1S/C6H12O6.H2O4S/c7-1-3(9)5(11)6(12)4(10)2-8;1-5(2,3)4/h3,5-9,11-12H,1-2H2;(H2,1,2,3,4)/t3-,5-,6-;/m1./s1. The summed E-state index contributed by atoms with van der Waals surface area (Å²) in [5.41, 5.74) is 0. The summed E-state index contributed by atoms with van der Waals surface area (Å²) in [6.07, 6.45) is -5.22. The molecule has 0 aromatic rings. The lowest BCUT2D eigenvalue weighted by Gasteiger charge is -2.19. The Hall–Kier alpha value is -0.660. The molecule has 0 heterocycles. The number of carbonyl (C=O) groups is 1. The van der Waals surface area contributed by atoms with Crippen LogP contribution in [0, 0.1) is 0 Å². The molecule has 0 aromatic heterocycles. The number of hydrogen-bond donors (Lipinski definition) is 7. The van der Waals surface area contributed by atoms with Crippen molar-refractivity contribution in [2.75, 3.05) is 13.2 Å². The van der Waals surface area contributed by atoms with Gasteiger partial charge in [0.2, 0.25) is 0 Å². The maximum Gasteiger partial charge on any atom is 0.394 e. The van der Waals surface area contributed by atoms with Crippen molar-refractivity contribution in [3.8, 4) is 0 Å². The van der Waals surface area contributed by atoms with Crippen molar-refractivity contribution in [1.29, 1.82) is 0 Å². The average Bonchev–Trinajstić information content (AvgIpc) is 2.22. The maximum atomic E-state index is 10.5. The van der Waals surface area contributed by atoms with Gasteiger partial charge in [-0.25, -0.2) is 0 Å². The van der Waals surface area contributed by atoms with Crippen LogP contribution in [0.4, 0.5) is 0 Å². The molecule has 7 N–H and O–H groups in total. The van der Waals surface area contributed by atoms with Gasteiger partial charge in [0.1, 0.15) is 24.9 Å². The average molecular weight is 278 g/mol. The van der Waals surface area contributed by atoms with Gasteiger partial charge < -0.3 is 25.5 Å². The fraction of sp³-hybridized carbons (Fsp3) is 0.833. The number of carbonyl (C=O) groups excluding carboxylic acids is 1. The van der Waals surface area contributed by atoms with Crippen molar-refractivity contribution < 1.29 is 47.9 Å². The van der Waals surface area contributed by atoms with Crippen LogP contribution in [0.2, 0.25) is 0 Å². The van der Waals surface area contributed by atoms with E-state index in [-0.39, 0.29) is 0 Å². The summed E-state index contributed by atoms with van der Waals surface area (Å²) in [4.78, 5) is 10.5. The second-order valence-corrected chi connectivity index (χ2v) is 3.65. The lowest BCUT2D eigenvalue weighted by molar-refractivity contribution is -0.142. The van der Waals surface area contributed by atoms with E-state index >= 15 is 0 Å². The van der Waals surface area contributed by atoms with E-state index < -0.39 is 47.7 Å². The maximum absolute atomic E-state index is 10.5. The third-order valence-electron chi connectivity index (χ3n) is 1.39. The number of ketones is 1. The van der Waals surface area contributed by atoms with E-state index in [0.717, 1.165) is 0 Å². The fourth-order valence-corrected chi connectivity index (χ4v) is 0.602. The van der Waals surface area contributed by atoms with E-state index in [9.17, 15) is 4.79 Å². The first-order chi connectivity index (χ1) is 7.54.